The predicted molar refractivity (Wildman–Crippen MR) is 75.6 cm³/mol. The standard InChI is InChI=1S/C13H12N4O3/c1-3-4-8(2)16-11-6-10-9(5-12(11)17(19)20)13(18)15-7-14-10/h1,5-8,16H,4H2,2H3,(H,14,15,18). The van der Waals surface area contributed by atoms with Gasteiger partial charge in [0.15, 0.2) is 0 Å². The third-order valence-electron chi connectivity index (χ3n) is 2.78. The highest BCUT2D eigenvalue weighted by molar-refractivity contribution is 5.86. The minimum Gasteiger partial charge on any atom is -0.376 e. The maximum absolute atomic E-state index is 11.6. The lowest BCUT2D eigenvalue weighted by atomic mass is 10.1. The molecule has 0 saturated heterocycles. The molecule has 0 aliphatic rings. The average molecular weight is 272 g/mol. The van der Waals surface area contributed by atoms with Crippen LogP contribution < -0.4 is 10.9 Å². The van der Waals surface area contributed by atoms with E-state index in [1.807, 2.05) is 6.92 Å². The monoisotopic (exact) mass is 272 g/mol. The van der Waals surface area contributed by atoms with E-state index in [0.29, 0.717) is 17.6 Å². The van der Waals surface area contributed by atoms with Crippen molar-refractivity contribution in [1.82, 2.24) is 9.97 Å². The second kappa shape index (κ2) is 5.40. The van der Waals surface area contributed by atoms with Gasteiger partial charge < -0.3 is 10.3 Å². The van der Waals surface area contributed by atoms with Gasteiger partial charge in [-0.05, 0) is 13.0 Å². The number of benzene rings is 1. The lowest BCUT2D eigenvalue weighted by Gasteiger charge is -2.13. The summed E-state index contributed by atoms with van der Waals surface area (Å²) in [4.78, 5) is 28.6. The van der Waals surface area contributed by atoms with Crippen molar-refractivity contribution >= 4 is 22.3 Å². The Morgan fingerprint density at radius 3 is 3.00 bits per heavy atom. The molecule has 0 aliphatic carbocycles. The number of terminal acetylenes is 1. The number of nitrogens with zero attached hydrogens (tertiary/aromatic N) is 2. The number of H-pyrrole nitrogens is 1. The number of nitro groups is 1. The van der Waals surface area contributed by atoms with Crippen LogP contribution in [0.4, 0.5) is 11.4 Å². The van der Waals surface area contributed by atoms with Gasteiger partial charge in [0.25, 0.3) is 11.2 Å². The van der Waals surface area contributed by atoms with Crippen molar-refractivity contribution in [3.05, 3.63) is 38.9 Å². The van der Waals surface area contributed by atoms with E-state index < -0.39 is 10.5 Å². The van der Waals surface area contributed by atoms with Crippen molar-refractivity contribution in [2.45, 2.75) is 19.4 Å². The van der Waals surface area contributed by atoms with Crippen LogP contribution in [0.3, 0.4) is 0 Å². The molecule has 0 fully saturated rings. The van der Waals surface area contributed by atoms with E-state index in [1.165, 1.54) is 18.5 Å². The zero-order valence-electron chi connectivity index (χ0n) is 10.7. The topological polar surface area (TPSA) is 101 Å². The van der Waals surface area contributed by atoms with E-state index in [1.54, 1.807) is 0 Å². The van der Waals surface area contributed by atoms with Gasteiger partial charge in [0.05, 0.1) is 22.2 Å². The normalized spacial score (nSPS) is 11.8. The molecule has 1 aromatic carbocycles. The fourth-order valence-electron chi connectivity index (χ4n) is 1.86. The van der Waals surface area contributed by atoms with Crippen LogP contribution in [0.2, 0.25) is 0 Å². The number of aromatic amines is 1. The maximum atomic E-state index is 11.6. The molecule has 2 rings (SSSR count). The summed E-state index contributed by atoms with van der Waals surface area (Å²) < 4.78 is 0. The second-order valence-corrected chi connectivity index (χ2v) is 4.33. The van der Waals surface area contributed by atoms with E-state index in [2.05, 4.69) is 21.2 Å². The Balaban J connectivity index is 2.58. The number of rotatable bonds is 4. The van der Waals surface area contributed by atoms with Crippen molar-refractivity contribution in [2.24, 2.45) is 0 Å². The second-order valence-electron chi connectivity index (χ2n) is 4.33. The molecule has 0 bridgehead atoms. The van der Waals surface area contributed by atoms with E-state index in [9.17, 15) is 14.9 Å². The van der Waals surface area contributed by atoms with Crippen molar-refractivity contribution in [3.63, 3.8) is 0 Å². The highest BCUT2D eigenvalue weighted by Gasteiger charge is 2.18. The van der Waals surface area contributed by atoms with Gasteiger partial charge in [0.1, 0.15) is 5.69 Å². The molecular formula is C13H12N4O3. The van der Waals surface area contributed by atoms with E-state index in [4.69, 9.17) is 6.42 Å². The molecule has 0 saturated carbocycles. The SMILES string of the molecule is C#CCC(C)Nc1cc2nc[nH]c(=O)c2cc1[N+](=O)[O-]. The summed E-state index contributed by atoms with van der Waals surface area (Å²) in [5, 5.41) is 14.3. The first-order chi connectivity index (χ1) is 9.52. The molecule has 0 spiro atoms. The molecule has 102 valence electrons. The molecule has 20 heavy (non-hydrogen) atoms. The van der Waals surface area contributed by atoms with Gasteiger partial charge in [-0.1, -0.05) is 0 Å². The summed E-state index contributed by atoms with van der Waals surface area (Å²) in [6.45, 7) is 1.82. The lowest BCUT2D eigenvalue weighted by Crippen LogP contribution is -2.16. The van der Waals surface area contributed by atoms with Crippen LogP contribution in [0.5, 0.6) is 0 Å². The number of nitrogens with one attached hydrogen (secondary N) is 2. The molecule has 0 aliphatic heterocycles. The largest absolute Gasteiger partial charge is 0.376 e. The summed E-state index contributed by atoms with van der Waals surface area (Å²) >= 11 is 0. The molecular weight excluding hydrogens is 260 g/mol. The van der Waals surface area contributed by atoms with Crippen LogP contribution in [0, 0.1) is 22.5 Å². The van der Waals surface area contributed by atoms with Gasteiger partial charge in [-0.2, -0.15) is 0 Å². The number of fused-ring (bicyclic) bond motifs is 1. The lowest BCUT2D eigenvalue weighted by molar-refractivity contribution is -0.383. The summed E-state index contributed by atoms with van der Waals surface area (Å²) in [6, 6.07) is 2.57. The van der Waals surface area contributed by atoms with Crippen LogP contribution in [0.15, 0.2) is 23.3 Å². The first-order valence-corrected chi connectivity index (χ1v) is 5.88. The van der Waals surface area contributed by atoms with Gasteiger partial charge in [-0.3, -0.25) is 14.9 Å². The van der Waals surface area contributed by atoms with E-state index >= 15 is 0 Å². The molecule has 1 aromatic heterocycles. The van der Waals surface area contributed by atoms with Gasteiger partial charge in [-0.15, -0.1) is 12.3 Å². The molecule has 2 N–H and O–H groups in total. The molecule has 2 aromatic rings. The summed E-state index contributed by atoms with van der Waals surface area (Å²) in [5.74, 6) is 2.48. The molecule has 1 unspecified atom stereocenters. The molecule has 0 amide bonds. The maximum Gasteiger partial charge on any atom is 0.293 e. The van der Waals surface area contributed by atoms with Crippen LogP contribution in [0.25, 0.3) is 10.9 Å². The Morgan fingerprint density at radius 1 is 1.60 bits per heavy atom. The predicted octanol–water partition coefficient (Wildman–Crippen LogP) is 1.65. The average Bonchev–Trinajstić information content (AvgIpc) is 2.38. The third-order valence-corrected chi connectivity index (χ3v) is 2.78. The number of nitro benzene ring substituents is 1. The van der Waals surface area contributed by atoms with Crippen LogP contribution in [-0.4, -0.2) is 20.9 Å². The number of aromatic nitrogens is 2. The minimum atomic E-state index is -0.545. The molecule has 1 atom stereocenters. The summed E-state index contributed by atoms with van der Waals surface area (Å²) in [5.41, 5.74) is 0.0827. The number of hydrogen-bond acceptors (Lipinski definition) is 5. The molecule has 0 radical (unpaired) electrons. The Bertz CT molecular complexity index is 760. The minimum absolute atomic E-state index is 0.127. The molecule has 7 nitrogen and oxygen atoms in total. The van der Waals surface area contributed by atoms with E-state index in [0.717, 1.165) is 0 Å². The number of anilines is 1. The van der Waals surface area contributed by atoms with Gasteiger partial charge in [-0.25, -0.2) is 4.98 Å². The molecule has 1 heterocycles. The van der Waals surface area contributed by atoms with Crippen molar-refractivity contribution in [3.8, 4) is 12.3 Å². The Labute approximate surface area is 114 Å². The van der Waals surface area contributed by atoms with Crippen LogP contribution in [-0.2, 0) is 0 Å². The smallest absolute Gasteiger partial charge is 0.293 e. The zero-order valence-corrected chi connectivity index (χ0v) is 10.7. The first kappa shape index (κ1) is 13.5. The van der Waals surface area contributed by atoms with Gasteiger partial charge in [0.2, 0.25) is 0 Å². The third kappa shape index (κ3) is 2.59. The highest BCUT2D eigenvalue weighted by atomic mass is 16.6. The van der Waals surface area contributed by atoms with Gasteiger partial charge >= 0.3 is 0 Å². The summed E-state index contributed by atoms with van der Waals surface area (Å²) in [6.07, 6.45) is 6.89. The van der Waals surface area contributed by atoms with E-state index in [-0.39, 0.29) is 17.1 Å². The Hall–Kier alpha value is -2.88. The highest BCUT2D eigenvalue weighted by Crippen LogP contribution is 2.28. The quantitative estimate of drug-likeness (QED) is 0.500. The Morgan fingerprint density at radius 2 is 2.35 bits per heavy atom. The first-order valence-electron chi connectivity index (χ1n) is 5.88. The fourth-order valence-corrected chi connectivity index (χ4v) is 1.86. The molecule has 7 heteroatoms. The Kier molecular flexibility index (Phi) is 3.66. The van der Waals surface area contributed by atoms with Gasteiger partial charge in [0, 0.05) is 18.5 Å². The zero-order chi connectivity index (χ0) is 14.7. The van der Waals surface area contributed by atoms with Crippen molar-refractivity contribution in [1.29, 1.82) is 0 Å². The van der Waals surface area contributed by atoms with Crippen molar-refractivity contribution < 1.29 is 4.92 Å². The van der Waals surface area contributed by atoms with Crippen LogP contribution >= 0.6 is 0 Å². The fraction of sp³-hybridized carbons (Fsp3) is 0.231. The van der Waals surface area contributed by atoms with Crippen molar-refractivity contribution in [2.75, 3.05) is 5.32 Å². The van der Waals surface area contributed by atoms with Crippen LogP contribution in [0.1, 0.15) is 13.3 Å². The number of hydrogen-bond donors (Lipinski definition) is 2. The summed E-state index contributed by atoms with van der Waals surface area (Å²) in [7, 11) is 0.